The highest BCUT2D eigenvalue weighted by Crippen LogP contribution is 2.15. The number of rotatable bonds is 5. The Labute approximate surface area is 107 Å². The summed E-state index contributed by atoms with van der Waals surface area (Å²) in [5.74, 6) is 0. The third-order valence-corrected chi connectivity index (χ3v) is 2.49. The molecule has 2 aromatic heterocycles. The van der Waals surface area contributed by atoms with Crippen molar-refractivity contribution in [2.24, 2.45) is 0 Å². The van der Waals surface area contributed by atoms with E-state index in [1.165, 1.54) is 0 Å². The molecular formula is C14H18N2O2+2. The summed E-state index contributed by atoms with van der Waals surface area (Å²) >= 11 is 0. The summed E-state index contributed by atoms with van der Waals surface area (Å²) in [5, 5.41) is 0. The van der Waals surface area contributed by atoms with Gasteiger partial charge in [0.25, 0.3) is 0 Å². The second-order valence-corrected chi connectivity index (χ2v) is 3.73. The van der Waals surface area contributed by atoms with Crippen LogP contribution in [-0.2, 0) is 0 Å². The molecule has 0 aliphatic heterocycles. The highest BCUT2D eigenvalue weighted by atomic mass is 16.7. The van der Waals surface area contributed by atoms with E-state index < -0.39 is 0 Å². The molecule has 0 aromatic carbocycles. The van der Waals surface area contributed by atoms with E-state index in [-0.39, 0.29) is 0 Å². The van der Waals surface area contributed by atoms with Crippen LogP contribution in [0.5, 0.6) is 0 Å². The molecule has 0 amide bonds. The van der Waals surface area contributed by atoms with Crippen molar-refractivity contribution >= 4 is 0 Å². The van der Waals surface area contributed by atoms with Crippen LogP contribution in [0.25, 0.3) is 11.1 Å². The Balaban J connectivity index is 2.15. The smallest absolute Gasteiger partial charge is 0.223 e. The molecule has 0 unspecified atom stereocenters. The van der Waals surface area contributed by atoms with E-state index in [0.29, 0.717) is 13.2 Å². The van der Waals surface area contributed by atoms with Gasteiger partial charge in [0.2, 0.25) is 24.8 Å². The van der Waals surface area contributed by atoms with Crippen LogP contribution in [0.1, 0.15) is 13.8 Å². The number of nitrogens with zero attached hydrogens (tertiary/aromatic N) is 2. The van der Waals surface area contributed by atoms with Gasteiger partial charge in [-0.25, -0.2) is 0 Å². The van der Waals surface area contributed by atoms with Gasteiger partial charge < -0.3 is 0 Å². The van der Waals surface area contributed by atoms with E-state index in [1.807, 2.05) is 62.9 Å². The molecule has 0 saturated heterocycles. The van der Waals surface area contributed by atoms with Gasteiger partial charge >= 0.3 is 0 Å². The van der Waals surface area contributed by atoms with Crippen LogP contribution in [0.15, 0.2) is 49.1 Å². The zero-order valence-electron chi connectivity index (χ0n) is 10.7. The topological polar surface area (TPSA) is 26.2 Å². The van der Waals surface area contributed by atoms with Crippen LogP contribution in [-0.4, -0.2) is 13.2 Å². The van der Waals surface area contributed by atoms with Gasteiger partial charge in [-0.1, -0.05) is 0 Å². The van der Waals surface area contributed by atoms with Crippen molar-refractivity contribution in [2.45, 2.75) is 13.8 Å². The van der Waals surface area contributed by atoms with E-state index in [1.54, 1.807) is 9.46 Å². The van der Waals surface area contributed by atoms with Crippen LogP contribution in [0.2, 0.25) is 0 Å². The number of hydrogen-bond acceptors (Lipinski definition) is 2. The van der Waals surface area contributed by atoms with Crippen molar-refractivity contribution in [3.8, 4) is 11.1 Å². The van der Waals surface area contributed by atoms with Gasteiger partial charge in [-0.3, -0.25) is 9.68 Å². The molecule has 0 aliphatic carbocycles. The highest BCUT2D eigenvalue weighted by molar-refractivity contribution is 5.60. The summed E-state index contributed by atoms with van der Waals surface area (Å²) in [5.41, 5.74) is 2.30. The predicted octanol–water partition coefficient (Wildman–Crippen LogP) is 0.826. The summed E-state index contributed by atoms with van der Waals surface area (Å²) in [6, 6.07) is 8.10. The van der Waals surface area contributed by atoms with Gasteiger partial charge in [-0.15, -0.1) is 0 Å². The van der Waals surface area contributed by atoms with E-state index in [0.717, 1.165) is 11.1 Å². The third-order valence-electron chi connectivity index (χ3n) is 2.49. The minimum atomic E-state index is 0.656. The van der Waals surface area contributed by atoms with E-state index >= 15 is 0 Å². The summed E-state index contributed by atoms with van der Waals surface area (Å²) < 4.78 is 3.40. The molecule has 0 atom stereocenters. The predicted molar refractivity (Wildman–Crippen MR) is 66.5 cm³/mol. The SMILES string of the molecule is CCO[n+]1ccc(-c2cc[n+](OCC)cc2)cc1. The first-order chi connectivity index (χ1) is 8.83. The first-order valence-electron chi connectivity index (χ1n) is 6.13. The zero-order valence-corrected chi connectivity index (χ0v) is 10.7. The van der Waals surface area contributed by atoms with Crippen LogP contribution in [0.3, 0.4) is 0 Å². The normalized spacial score (nSPS) is 10.1. The molecule has 0 saturated carbocycles. The second-order valence-electron chi connectivity index (χ2n) is 3.73. The van der Waals surface area contributed by atoms with E-state index in [4.69, 9.17) is 9.68 Å². The Kier molecular flexibility index (Phi) is 4.12. The van der Waals surface area contributed by atoms with Crippen molar-refractivity contribution in [1.29, 1.82) is 0 Å². The molecule has 4 nitrogen and oxygen atoms in total. The molecule has 0 fully saturated rings. The maximum atomic E-state index is 5.34. The lowest BCUT2D eigenvalue weighted by molar-refractivity contribution is -0.891. The lowest BCUT2D eigenvalue weighted by Gasteiger charge is -1.99. The van der Waals surface area contributed by atoms with Gasteiger partial charge in [-0.05, 0) is 25.0 Å². The molecule has 0 spiro atoms. The summed E-state index contributed by atoms with van der Waals surface area (Å²) in [6.45, 7) is 5.24. The fourth-order valence-corrected chi connectivity index (χ4v) is 1.68. The monoisotopic (exact) mass is 246 g/mol. The average Bonchev–Trinajstić information content (AvgIpc) is 2.41. The van der Waals surface area contributed by atoms with Gasteiger partial charge in [0.05, 0.1) is 0 Å². The first-order valence-corrected chi connectivity index (χ1v) is 6.13. The van der Waals surface area contributed by atoms with Crippen LogP contribution in [0, 0.1) is 0 Å². The highest BCUT2D eigenvalue weighted by Gasteiger charge is 2.06. The first kappa shape index (κ1) is 12.4. The summed E-state index contributed by atoms with van der Waals surface area (Å²) in [7, 11) is 0. The number of aromatic nitrogens is 2. The Morgan fingerprint density at radius 1 is 0.722 bits per heavy atom. The fraction of sp³-hybridized carbons (Fsp3) is 0.286. The van der Waals surface area contributed by atoms with Crippen molar-refractivity contribution in [3.63, 3.8) is 0 Å². The minimum Gasteiger partial charge on any atom is -0.272 e. The van der Waals surface area contributed by atoms with Crippen LogP contribution < -0.4 is 19.1 Å². The molecule has 2 rings (SSSR count). The molecule has 18 heavy (non-hydrogen) atoms. The van der Waals surface area contributed by atoms with Crippen LogP contribution >= 0.6 is 0 Å². The van der Waals surface area contributed by atoms with Gasteiger partial charge in [0.15, 0.2) is 13.2 Å². The number of pyridine rings is 2. The Hall–Kier alpha value is -2.10. The van der Waals surface area contributed by atoms with Gasteiger partial charge in [-0.2, -0.15) is 0 Å². The summed E-state index contributed by atoms with van der Waals surface area (Å²) in [6.07, 6.45) is 7.62. The molecule has 0 aliphatic rings. The molecule has 94 valence electrons. The fourth-order valence-electron chi connectivity index (χ4n) is 1.68. The standard InChI is InChI=1S/C14H18N2O2/c1-3-17-15-9-5-13(6-10-15)14-7-11-16(12-8-14)18-4-2/h5-12H,3-4H2,1-2H3/q+2. The molecular weight excluding hydrogens is 228 g/mol. The van der Waals surface area contributed by atoms with E-state index in [9.17, 15) is 0 Å². The van der Waals surface area contributed by atoms with Gasteiger partial charge in [0.1, 0.15) is 0 Å². The largest absolute Gasteiger partial charge is 0.272 e. The molecule has 0 N–H and O–H groups in total. The van der Waals surface area contributed by atoms with Gasteiger partial charge in [0, 0.05) is 33.7 Å². The Morgan fingerprint density at radius 2 is 1.06 bits per heavy atom. The maximum absolute atomic E-state index is 5.34. The van der Waals surface area contributed by atoms with E-state index in [2.05, 4.69) is 0 Å². The maximum Gasteiger partial charge on any atom is 0.223 e. The van der Waals surface area contributed by atoms with Crippen molar-refractivity contribution in [2.75, 3.05) is 13.2 Å². The number of hydrogen-bond donors (Lipinski definition) is 0. The molecule has 2 heterocycles. The lowest BCUT2D eigenvalue weighted by atomic mass is 10.1. The van der Waals surface area contributed by atoms with Crippen molar-refractivity contribution in [1.82, 2.24) is 0 Å². The minimum absolute atomic E-state index is 0.656. The van der Waals surface area contributed by atoms with Crippen LogP contribution in [0.4, 0.5) is 0 Å². The van der Waals surface area contributed by atoms with Crippen molar-refractivity contribution < 1.29 is 19.1 Å². The molecule has 0 radical (unpaired) electrons. The third kappa shape index (κ3) is 2.97. The quantitative estimate of drug-likeness (QED) is 0.730. The average molecular weight is 246 g/mol. The Morgan fingerprint density at radius 3 is 1.33 bits per heavy atom. The Bertz CT molecular complexity index is 433. The van der Waals surface area contributed by atoms with Crippen molar-refractivity contribution in [3.05, 3.63) is 49.1 Å². The zero-order chi connectivity index (χ0) is 12.8. The second kappa shape index (κ2) is 6.00. The summed E-state index contributed by atoms with van der Waals surface area (Å²) in [4.78, 5) is 10.7. The molecule has 4 heteroatoms. The lowest BCUT2D eigenvalue weighted by Crippen LogP contribution is -2.41. The molecule has 0 bridgehead atoms. The molecule has 2 aromatic rings.